The molecular formula is C30H30Cl2N2O3. The van der Waals surface area contributed by atoms with Crippen molar-refractivity contribution in [2.24, 2.45) is 4.99 Å². The summed E-state index contributed by atoms with van der Waals surface area (Å²) < 4.78 is 13.0. The minimum absolute atomic E-state index is 0.282. The van der Waals surface area contributed by atoms with Crippen molar-refractivity contribution in [1.82, 2.24) is 4.90 Å². The highest BCUT2D eigenvalue weighted by molar-refractivity contribution is 6.30. The van der Waals surface area contributed by atoms with Crippen molar-refractivity contribution in [3.63, 3.8) is 0 Å². The Kier molecular flexibility index (Phi) is 7.57. The van der Waals surface area contributed by atoms with E-state index in [1.807, 2.05) is 48.5 Å². The van der Waals surface area contributed by atoms with Gasteiger partial charge in [-0.05, 0) is 66.3 Å². The first-order valence-electron chi connectivity index (χ1n) is 12.5. The maximum absolute atomic E-state index is 11.6. The van der Waals surface area contributed by atoms with Crippen LogP contribution in [0.1, 0.15) is 42.0 Å². The third kappa shape index (κ3) is 5.85. The first kappa shape index (κ1) is 25.8. The first-order chi connectivity index (χ1) is 17.9. The van der Waals surface area contributed by atoms with Crippen LogP contribution in [0.4, 0.5) is 0 Å². The van der Waals surface area contributed by atoms with Crippen LogP contribution in [0.3, 0.4) is 0 Å². The average Bonchev–Trinajstić information content (AvgIpc) is 3.25. The van der Waals surface area contributed by atoms with Crippen LogP contribution < -0.4 is 0 Å². The van der Waals surface area contributed by atoms with Crippen LogP contribution in [0.5, 0.6) is 0 Å². The topological polar surface area (TPSA) is 51.1 Å². The van der Waals surface area contributed by atoms with Gasteiger partial charge in [0.1, 0.15) is 5.60 Å². The van der Waals surface area contributed by atoms with Crippen LogP contribution >= 0.6 is 23.2 Å². The van der Waals surface area contributed by atoms with Gasteiger partial charge in [-0.3, -0.25) is 4.79 Å². The van der Waals surface area contributed by atoms with Gasteiger partial charge in [0.15, 0.2) is 0 Å². The number of aliphatic imine (C=N–C) groups is 1. The number of nitrogens with zero attached hydrogens (tertiary/aromatic N) is 2. The normalized spacial score (nSPS) is 17.1. The van der Waals surface area contributed by atoms with E-state index in [2.05, 4.69) is 41.1 Å². The Hall–Kier alpha value is -2.86. The smallest absolute Gasteiger partial charge is 0.295 e. The second-order valence-electron chi connectivity index (χ2n) is 10.1. The molecule has 0 saturated carbocycles. The van der Waals surface area contributed by atoms with Gasteiger partial charge in [-0.2, -0.15) is 4.99 Å². The van der Waals surface area contributed by atoms with Crippen LogP contribution in [-0.4, -0.2) is 36.0 Å². The van der Waals surface area contributed by atoms with Gasteiger partial charge >= 0.3 is 0 Å². The molecule has 2 heterocycles. The Morgan fingerprint density at radius 2 is 1.54 bits per heavy atom. The number of carbonyl (C=O) groups is 1. The Morgan fingerprint density at radius 3 is 2.11 bits per heavy atom. The number of carbonyl (C=O) groups excluding carboxylic acids is 1. The zero-order valence-corrected chi connectivity index (χ0v) is 22.3. The van der Waals surface area contributed by atoms with Crippen molar-refractivity contribution >= 4 is 35.6 Å². The number of benzene rings is 3. The summed E-state index contributed by atoms with van der Waals surface area (Å²) in [5.41, 5.74) is 3.75. The molecule has 3 aromatic carbocycles. The van der Waals surface area contributed by atoms with Gasteiger partial charge in [0.2, 0.25) is 6.41 Å². The molecule has 3 aromatic rings. The van der Waals surface area contributed by atoms with E-state index >= 15 is 0 Å². The number of ether oxygens (including phenoxy) is 2. The molecule has 0 radical (unpaired) electrons. The lowest BCUT2D eigenvalue weighted by molar-refractivity contribution is -0.107. The van der Waals surface area contributed by atoms with Gasteiger partial charge in [0, 0.05) is 36.0 Å². The zero-order chi connectivity index (χ0) is 25.9. The van der Waals surface area contributed by atoms with Crippen molar-refractivity contribution in [3.8, 4) is 0 Å². The van der Waals surface area contributed by atoms with Crippen molar-refractivity contribution in [3.05, 3.63) is 105 Å². The lowest BCUT2D eigenvalue weighted by Crippen LogP contribution is -2.49. The molecule has 2 aliphatic heterocycles. The molecule has 5 nitrogen and oxygen atoms in total. The van der Waals surface area contributed by atoms with Crippen molar-refractivity contribution in [2.45, 2.75) is 50.4 Å². The summed E-state index contributed by atoms with van der Waals surface area (Å²) in [6.45, 7) is 4.05. The Labute approximate surface area is 228 Å². The van der Waals surface area contributed by atoms with E-state index in [1.54, 1.807) is 0 Å². The molecule has 192 valence electrons. The van der Waals surface area contributed by atoms with Gasteiger partial charge in [-0.15, -0.1) is 0 Å². The summed E-state index contributed by atoms with van der Waals surface area (Å²) in [6, 6.07) is 24.3. The molecule has 0 unspecified atom stereocenters. The molecule has 7 heteroatoms. The molecule has 1 spiro atoms. The number of hydrogen-bond donors (Lipinski definition) is 0. The molecule has 5 rings (SSSR count). The Balaban J connectivity index is 1.36. The van der Waals surface area contributed by atoms with E-state index < -0.39 is 5.60 Å². The van der Waals surface area contributed by atoms with Gasteiger partial charge in [-0.1, -0.05) is 71.7 Å². The number of rotatable bonds is 6. The fourth-order valence-electron chi connectivity index (χ4n) is 5.50. The molecule has 0 atom stereocenters. The zero-order valence-electron chi connectivity index (χ0n) is 20.8. The highest BCUT2D eigenvalue weighted by atomic mass is 35.5. The van der Waals surface area contributed by atoms with Crippen LogP contribution in [0.25, 0.3) is 0 Å². The lowest BCUT2D eigenvalue weighted by atomic mass is 9.84. The number of amidine groups is 1. The van der Waals surface area contributed by atoms with Gasteiger partial charge in [-0.25, -0.2) is 0 Å². The summed E-state index contributed by atoms with van der Waals surface area (Å²) in [4.78, 5) is 17.8. The standard InChI is InChI=1S/C30H30Cl2N2O3/c1-29(18-22-6-10-25(31)11-7-22,19-23-8-12-26(32)13-9-23)37-28(33-21-35)34-16-14-30(15-17-34)27-5-3-2-4-24(27)20-36-30/h2-13,21H,14-20H2,1H3/b33-28-. The predicted octanol–water partition coefficient (Wildman–Crippen LogP) is 6.59. The summed E-state index contributed by atoms with van der Waals surface area (Å²) in [6.07, 6.45) is 3.39. The van der Waals surface area contributed by atoms with E-state index in [1.165, 1.54) is 11.1 Å². The molecule has 1 amide bonds. The van der Waals surface area contributed by atoms with Crippen molar-refractivity contribution < 1.29 is 14.3 Å². The van der Waals surface area contributed by atoms with Gasteiger partial charge < -0.3 is 14.4 Å². The number of halogens is 2. The third-order valence-electron chi connectivity index (χ3n) is 7.34. The second-order valence-corrected chi connectivity index (χ2v) is 11.0. The molecule has 0 bridgehead atoms. The lowest BCUT2D eigenvalue weighted by Gasteiger charge is -2.42. The summed E-state index contributed by atoms with van der Waals surface area (Å²) >= 11 is 12.2. The van der Waals surface area contributed by atoms with E-state index in [-0.39, 0.29) is 5.60 Å². The monoisotopic (exact) mass is 536 g/mol. The van der Waals surface area contributed by atoms with Gasteiger partial charge in [0.25, 0.3) is 6.02 Å². The highest BCUT2D eigenvalue weighted by Gasteiger charge is 2.43. The molecule has 0 aliphatic carbocycles. The largest absolute Gasteiger partial charge is 0.458 e. The predicted molar refractivity (Wildman–Crippen MR) is 147 cm³/mol. The minimum atomic E-state index is -0.672. The molecule has 0 N–H and O–H groups in total. The summed E-state index contributed by atoms with van der Waals surface area (Å²) in [5.74, 6) is 0. The van der Waals surface area contributed by atoms with Crippen LogP contribution in [0, 0.1) is 0 Å². The summed E-state index contributed by atoms with van der Waals surface area (Å²) in [7, 11) is 0. The van der Waals surface area contributed by atoms with E-state index in [0.29, 0.717) is 55.0 Å². The van der Waals surface area contributed by atoms with Crippen molar-refractivity contribution in [1.29, 1.82) is 0 Å². The fraction of sp³-hybridized carbons (Fsp3) is 0.333. The van der Waals surface area contributed by atoms with Crippen LogP contribution in [0.15, 0.2) is 77.8 Å². The quantitative estimate of drug-likeness (QED) is 0.202. The molecular weight excluding hydrogens is 507 g/mol. The summed E-state index contributed by atoms with van der Waals surface area (Å²) in [5, 5.41) is 1.37. The van der Waals surface area contributed by atoms with Crippen molar-refractivity contribution in [2.75, 3.05) is 13.1 Å². The van der Waals surface area contributed by atoms with Crippen LogP contribution in [-0.2, 0) is 39.3 Å². The minimum Gasteiger partial charge on any atom is -0.458 e. The number of hydrogen-bond acceptors (Lipinski definition) is 3. The van der Waals surface area contributed by atoms with E-state index in [9.17, 15) is 4.79 Å². The number of likely N-dealkylation sites (tertiary alicyclic amines) is 1. The molecule has 0 aromatic heterocycles. The SMILES string of the molecule is CC(Cc1ccc(Cl)cc1)(Cc1ccc(Cl)cc1)O/C(=N\C=O)N1CCC2(CC1)OCc1ccccc12. The number of amides is 1. The van der Waals surface area contributed by atoms with E-state index in [0.717, 1.165) is 24.0 Å². The first-order valence-corrected chi connectivity index (χ1v) is 13.3. The third-order valence-corrected chi connectivity index (χ3v) is 7.84. The highest BCUT2D eigenvalue weighted by Crippen LogP contribution is 2.44. The van der Waals surface area contributed by atoms with E-state index in [4.69, 9.17) is 32.7 Å². The number of fused-ring (bicyclic) bond motifs is 2. The molecule has 1 saturated heterocycles. The average molecular weight is 537 g/mol. The second kappa shape index (κ2) is 10.9. The molecule has 2 aliphatic rings. The fourth-order valence-corrected chi connectivity index (χ4v) is 5.75. The maximum atomic E-state index is 11.6. The molecule has 1 fully saturated rings. The maximum Gasteiger partial charge on any atom is 0.295 e. The van der Waals surface area contributed by atoms with Gasteiger partial charge in [0.05, 0.1) is 12.2 Å². The Bertz CT molecular complexity index is 1220. The van der Waals surface area contributed by atoms with Crippen LogP contribution in [0.2, 0.25) is 10.0 Å². The molecule has 37 heavy (non-hydrogen) atoms. The Morgan fingerprint density at radius 1 is 0.973 bits per heavy atom. The number of piperidine rings is 1.